The van der Waals surface area contributed by atoms with E-state index in [-0.39, 0.29) is 12.0 Å². The molecule has 18 heavy (non-hydrogen) atoms. The van der Waals surface area contributed by atoms with Crippen LogP contribution in [0, 0.1) is 5.92 Å². The van der Waals surface area contributed by atoms with E-state index in [9.17, 15) is 4.79 Å². The molecule has 5 heteroatoms. The van der Waals surface area contributed by atoms with E-state index in [1.54, 1.807) is 12.1 Å². The van der Waals surface area contributed by atoms with Gasteiger partial charge in [-0.25, -0.2) is 0 Å². The number of furan rings is 1. The fourth-order valence-electron chi connectivity index (χ4n) is 2.90. The fraction of sp³-hybridized carbons (Fsp3) is 0.615. The van der Waals surface area contributed by atoms with Crippen LogP contribution in [0.25, 0.3) is 0 Å². The van der Waals surface area contributed by atoms with Crippen molar-refractivity contribution in [1.82, 2.24) is 10.6 Å². The molecule has 0 aromatic carbocycles. The number of rotatable bonds is 3. The number of hydrogen-bond acceptors (Lipinski definition) is 4. The van der Waals surface area contributed by atoms with Gasteiger partial charge in [0.15, 0.2) is 5.76 Å². The number of amides is 1. The Morgan fingerprint density at radius 2 is 2.44 bits per heavy atom. The van der Waals surface area contributed by atoms with Crippen LogP contribution in [0.4, 0.5) is 0 Å². The number of morpholine rings is 1. The smallest absolute Gasteiger partial charge is 0.286 e. The van der Waals surface area contributed by atoms with E-state index in [1.165, 1.54) is 6.26 Å². The van der Waals surface area contributed by atoms with Gasteiger partial charge in [0, 0.05) is 25.0 Å². The first kappa shape index (κ1) is 11.7. The molecule has 0 radical (unpaired) electrons. The Hall–Kier alpha value is -1.33. The summed E-state index contributed by atoms with van der Waals surface area (Å²) < 4.78 is 10.9. The minimum Gasteiger partial charge on any atom is -0.459 e. The summed E-state index contributed by atoms with van der Waals surface area (Å²) in [4.78, 5) is 11.8. The maximum absolute atomic E-state index is 11.8. The highest BCUT2D eigenvalue weighted by molar-refractivity contribution is 5.91. The first-order valence-corrected chi connectivity index (χ1v) is 6.51. The second-order valence-electron chi connectivity index (χ2n) is 4.92. The molecule has 0 unspecified atom stereocenters. The van der Waals surface area contributed by atoms with Crippen molar-refractivity contribution in [2.24, 2.45) is 5.92 Å². The van der Waals surface area contributed by atoms with Crippen molar-refractivity contribution in [1.29, 1.82) is 0 Å². The Bertz CT molecular complexity index is 404. The summed E-state index contributed by atoms with van der Waals surface area (Å²) in [6.45, 7) is 2.36. The number of carbonyl (C=O) groups excluding carboxylic acids is 1. The van der Waals surface area contributed by atoms with Crippen LogP contribution >= 0.6 is 0 Å². The molecule has 2 heterocycles. The van der Waals surface area contributed by atoms with Gasteiger partial charge in [0.25, 0.3) is 5.91 Å². The molecule has 1 aliphatic carbocycles. The third-order valence-electron chi connectivity index (χ3n) is 3.80. The predicted molar refractivity (Wildman–Crippen MR) is 65.3 cm³/mol. The lowest BCUT2D eigenvalue weighted by Crippen LogP contribution is -2.48. The molecule has 5 nitrogen and oxygen atoms in total. The van der Waals surface area contributed by atoms with Gasteiger partial charge in [-0.15, -0.1) is 0 Å². The van der Waals surface area contributed by atoms with Crippen LogP contribution < -0.4 is 10.6 Å². The molecule has 0 spiro atoms. The molecular weight excluding hydrogens is 232 g/mol. The zero-order chi connectivity index (χ0) is 12.4. The third kappa shape index (κ3) is 2.28. The first-order chi connectivity index (χ1) is 8.84. The molecule has 98 valence electrons. The second-order valence-corrected chi connectivity index (χ2v) is 4.92. The summed E-state index contributed by atoms with van der Waals surface area (Å²) >= 11 is 0. The number of fused-ring (bicyclic) bond motifs is 1. The number of ether oxygens (including phenoxy) is 1. The summed E-state index contributed by atoms with van der Waals surface area (Å²) in [7, 11) is 0. The second kappa shape index (κ2) is 5.12. The lowest BCUT2D eigenvalue weighted by Gasteiger charge is -2.30. The Morgan fingerprint density at radius 3 is 3.28 bits per heavy atom. The minimum absolute atomic E-state index is 0.146. The zero-order valence-electron chi connectivity index (χ0n) is 10.2. The van der Waals surface area contributed by atoms with Gasteiger partial charge in [-0.3, -0.25) is 4.79 Å². The van der Waals surface area contributed by atoms with E-state index < -0.39 is 0 Å². The molecule has 2 N–H and O–H groups in total. The van der Waals surface area contributed by atoms with Crippen molar-refractivity contribution in [3.05, 3.63) is 24.2 Å². The molecule has 1 aromatic heterocycles. The van der Waals surface area contributed by atoms with Gasteiger partial charge in [0.05, 0.1) is 19.0 Å². The highest BCUT2D eigenvalue weighted by atomic mass is 16.5. The standard InChI is InChI=1S/C13H18N2O3/c16-13(11-2-1-6-17-11)15-8-9-3-4-10-12(9)18-7-5-14-10/h1-2,6,9-10,12,14H,3-5,7-8H2,(H,15,16)/t9-,10+,12-/m0/s1. The fourth-order valence-corrected chi connectivity index (χ4v) is 2.90. The molecule has 0 bridgehead atoms. The van der Waals surface area contributed by atoms with Crippen molar-refractivity contribution >= 4 is 5.91 Å². The zero-order valence-corrected chi connectivity index (χ0v) is 10.2. The molecule has 1 amide bonds. The average Bonchev–Trinajstić information content (AvgIpc) is 3.06. The number of hydrogen-bond donors (Lipinski definition) is 2. The van der Waals surface area contributed by atoms with E-state index in [1.807, 2.05) is 0 Å². The van der Waals surface area contributed by atoms with Gasteiger partial charge >= 0.3 is 0 Å². The van der Waals surface area contributed by atoms with E-state index >= 15 is 0 Å². The maximum Gasteiger partial charge on any atom is 0.286 e. The molecule has 1 aromatic rings. The Kier molecular flexibility index (Phi) is 3.34. The van der Waals surface area contributed by atoms with Gasteiger partial charge in [0.2, 0.25) is 0 Å². The normalized spacial score (nSPS) is 31.0. The van der Waals surface area contributed by atoms with Crippen LogP contribution in [0.15, 0.2) is 22.8 Å². The molecular formula is C13H18N2O3. The van der Waals surface area contributed by atoms with Crippen LogP contribution in [-0.4, -0.2) is 37.7 Å². The van der Waals surface area contributed by atoms with Crippen LogP contribution in [-0.2, 0) is 4.74 Å². The van der Waals surface area contributed by atoms with Crippen molar-refractivity contribution < 1.29 is 13.9 Å². The van der Waals surface area contributed by atoms with Crippen LogP contribution in [0.5, 0.6) is 0 Å². The molecule has 1 saturated heterocycles. The van der Waals surface area contributed by atoms with E-state index in [2.05, 4.69) is 10.6 Å². The van der Waals surface area contributed by atoms with E-state index in [0.29, 0.717) is 24.3 Å². The van der Waals surface area contributed by atoms with Gasteiger partial charge < -0.3 is 19.8 Å². The summed E-state index contributed by atoms with van der Waals surface area (Å²) in [5.41, 5.74) is 0. The topological polar surface area (TPSA) is 63.5 Å². The van der Waals surface area contributed by atoms with Crippen LogP contribution in [0.3, 0.4) is 0 Å². The van der Waals surface area contributed by atoms with E-state index in [0.717, 1.165) is 26.0 Å². The SMILES string of the molecule is O=C(NC[C@@H]1CC[C@H]2NCCO[C@@H]12)c1ccco1. The van der Waals surface area contributed by atoms with Crippen LogP contribution in [0.2, 0.25) is 0 Å². The van der Waals surface area contributed by atoms with Gasteiger partial charge in [0.1, 0.15) is 0 Å². The molecule has 2 aliphatic rings. The van der Waals surface area contributed by atoms with Crippen molar-refractivity contribution in [3.8, 4) is 0 Å². The lowest BCUT2D eigenvalue weighted by molar-refractivity contribution is -0.0138. The van der Waals surface area contributed by atoms with Crippen LogP contribution in [0.1, 0.15) is 23.4 Å². The summed E-state index contributed by atoms with van der Waals surface area (Å²) in [6.07, 6.45) is 3.98. The highest BCUT2D eigenvalue weighted by Gasteiger charge is 2.38. The molecule has 1 saturated carbocycles. The number of carbonyl (C=O) groups is 1. The van der Waals surface area contributed by atoms with E-state index in [4.69, 9.17) is 9.15 Å². The molecule has 2 fully saturated rings. The summed E-state index contributed by atoms with van der Waals surface area (Å²) in [5.74, 6) is 0.626. The Balaban J connectivity index is 1.53. The summed E-state index contributed by atoms with van der Waals surface area (Å²) in [5, 5.41) is 6.39. The largest absolute Gasteiger partial charge is 0.459 e. The minimum atomic E-state index is -0.146. The Morgan fingerprint density at radius 1 is 1.50 bits per heavy atom. The molecule has 3 atom stereocenters. The lowest BCUT2D eigenvalue weighted by atomic mass is 10.0. The Labute approximate surface area is 106 Å². The molecule has 1 aliphatic heterocycles. The quantitative estimate of drug-likeness (QED) is 0.832. The van der Waals surface area contributed by atoms with Crippen molar-refractivity contribution in [2.75, 3.05) is 19.7 Å². The van der Waals surface area contributed by atoms with Gasteiger partial charge in [-0.1, -0.05) is 0 Å². The first-order valence-electron chi connectivity index (χ1n) is 6.51. The monoisotopic (exact) mass is 250 g/mol. The van der Waals surface area contributed by atoms with Gasteiger partial charge in [-0.05, 0) is 25.0 Å². The van der Waals surface area contributed by atoms with Crippen molar-refractivity contribution in [2.45, 2.75) is 25.0 Å². The summed E-state index contributed by atoms with van der Waals surface area (Å²) in [6, 6.07) is 3.85. The molecule has 3 rings (SSSR count). The highest BCUT2D eigenvalue weighted by Crippen LogP contribution is 2.29. The number of nitrogens with one attached hydrogen (secondary N) is 2. The maximum atomic E-state index is 11.8. The third-order valence-corrected chi connectivity index (χ3v) is 3.80. The van der Waals surface area contributed by atoms with Crippen molar-refractivity contribution in [3.63, 3.8) is 0 Å². The predicted octanol–water partition coefficient (Wildman–Crippen LogP) is 0.776. The van der Waals surface area contributed by atoms with Gasteiger partial charge in [-0.2, -0.15) is 0 Å². The average molecular weight is 250 g/mol.